The molecule has 0 saturated heterocycles. The first kappa shape index (κ1) is 9.54. The number of rotatable bonds is 1. The Balaban J connectivity index is 2.91. The first-order valence-corrected chi connectivity index (χ1v) is 4.56. The summed E-state index contributed by atoms with van der Waals surface area (Å²) < 4.78 is 0. The van der Waals surface area contributed by atoms with Gasteiger partial charge >= 0.3 is 0 Å². The minimum atomic E-state index is -0.762. The Bertz CT molecular complexity index is 216. The normalized spacial score (nSPS) is 35.9. The highest BCUT2D eigenvalue weighted by Crippen LogP contribution is 2.49. The lowest BCUT2D eigenvalue weighted by atomic mass is 9.71. The molecule has 0 aliphatic heterocycles. The molecular weight excluding hydrogens is 150 g/mol. The maximum absolute atomic E-state index is 10.3. The van der Waals surface area contributed by atoms with E-state index in [0.29, 0.717) is 0 Å². The van der Waals surface area contributed by atoms with Crippen LogP contribution in [-0.2, 0) is 0 Å². The quantitative estimate of drug-likeness (QED) is 0.649. The lowest BCUT2D eigenvalue weighted by molar-refractivity contribution is -0.0691. The van der Waals surface area contributed by atoms with E-state index in [9.17, 15) is 5.11 Å². The molecule has 0 spiro atoms. The van der Waals surface area contributed by atoms with E-state index >= 15 is 0 Å². The monoisotopic (exact) mass is 167 g/mol. The van der Waals surface area contributed by atoms with Gasteiger partial charge in [0.15, 0.2) is 0 Å². The Hall–Kier alpha value is -0.550. The second kappa shape index (κ2) is 2.74. The topological polar surface area (TPSA) is 44.0 Å². The molecule has 12 heavy (non-hydrogen) atoms. The number of nitrogens with zero attached hydrogens (tertiary/aromatic N) is 1. The van der Waals surface area contributed by atoms with Gasteiger partial charge in [0.1, 0.15) is 0 Å². The molecule has 2 nitrogen and oxygen atoms in total. The molecule has 0 amide bonds. The van der Waals surface area contributed by atoms with E-state index in [1.165, 1.54) is 0 Å². The summed E-state index contributed by atoms with van der Waals surface area (Å²) in [7, 11) is 0. The molecule has 1 fully saturated rings. The molecule has 0 aromatic rings. The average molecular weight is 167 g/mol. The lowest BCUT2D eigenvalue weighted by Crippen LogP contribution is -2.45. The molecule has 2 heteroatoms. The van der Waals surface area contributed by atoms with Crippen molar-refractivity contribution in [2.45, 2.75) is 45.6 Å². The van der Waals surface area contributed by atoms with E-state index in [1.54, 1.807) is 0 Å². The third-order valence-electron chi connectivity index (χ3n) is 3.44. The molecule has 0 aromatic heterocycles. The molecule has 2 unspecified atom stereocenters. The fourth-order valence-corrected chi connectivity index (χ4v) is 2.26. The number of nitriles is 1. The summed E-state index contributed by atoms with van der Waals surface area (Å²) in [5.41, 5.74) is -0.857. The van der Waals surface area contributed by atoms with E-state index in [0.717, 1.165) is 19.3 Å². The van der Waals surface area contributed by atoms with Gasteiger partial charge in [-0.15, -0.1) is 0 Å². The Kier molecular flexibility index (Phi) is 2.18. The molecule has 68 valence electrons. The number of hydrogen-bond donors (Lipinski definition) is 1. The van der Waals surface area contributed by atoms with Gasteiger partial charge in [0, 0.05) is 0 Å². The van der Waals surface area contributed by atoms with Crippen molar-refractivity contribution in [3.8, 4) is 6.07 Å². The largest absolute Gasteiger partial charge is 0.388 e. The molecule has 0 aromatic carbocycles. The summed E-state index contributed by atoms with van der Waals surface area (Å²) in [6, 6.07) is 2.15. The van der Waals surface area contributed by atoms with E-state index in [-0.39, 0.29) is 11.3 Å². The SMILES string of the molecule is CC(C#N)C1(O)CCCC1(C)C. The van der Waals surface area contributed by atoms with Crippen molar-refractivity contribution in [3.05, 3.63) is 0 Å². The molecule has 2 atom stereocenters. The minimum Gasteiger partial charge on any atom is -0.388 e. The lowest BCUT2D eigenvalue weighted by Gasteiger charge is -2.38. The highest BCUT2D eigenvalue weighted by atomic mass is 16.3. The van der Waals surface area contributed by atoms with Gasteiger partial charge in [-0.1, -0.05) is 13.8 Å². The van der Waals surface area contributed by atoms with Crippen molar-refractivity contribution in [2.24, 2.45) is 11.3 Å². The molecule has 1 rings (SSSR count). The van der Waals surface area contributed by atoms with Crippen molar-refractivity contribution in [1.29, 1.82) is 5.26 Å². The van der Waals surface area contributed by atoms with Crippen LogP contribution in [0.15, 0.2) is 0 Å². The van der Waals surface area contributed by atoms with E-state index < -0.39 is 5.60 Å². The zero-order chi connectivity index (χ0) is 9.41. The van der Waals surface area contributed by atoms with Gasteiger partial charge in [-0.3, -0.25) is 0 Å². The van der Waals surface area contributed by atoms with Gasteiger partial charge in [-0.05, 0) is 31.6 Å². The van der Waals surface area contributed by atoms with Gasteiger partial charge in [0.25, 0.3) is 0 Å². The predicted molar refractivity (Wildman–Crippen MR) is 47.4 cm³/mol. The van der Waals surface area contributed by atoms with Crippen molar-refractivity contribution in [2.75, 3.05) is 0 Å². The first-order chi connectivity index (χ1) is 5.44. The summed E-state index contributed by atoms with van der Waals surface area (Å²) in [6.07, 6.45) is 2.83. The fraction of sp³-hybridized carbons (Fsp3) is 0.900. The van der Waals surface area contributed by atoms with Crippen LogP contribution in [0.4, 0.5) is 0 Å². The van der Waals surface area contributed by atoms with E-state index in [1.807, 2.05) is 20.8 Å². The second-order valence-electron chi connectivity index (χ2n) is 4.51. The van der Waals surface area contributed by atoms with Crippen molar-refractivity contribution < 1.29 is 5.11 Å². The summed E-state index contributed by atoms with van der Waals surface area (Å²) in [4.78, 5) is 0. The van der Waals surface area contributed by atoms with Crippen LogP contribution in [0.2, 0.25) is 0 Å². The van der Waals surface area contributed by atoms with Crippen molar-refractivity contribution in [3.63, 3.8) is 0 Å². The van der Waals surface area contributed by atoms with Gasteiger partial charge in [-0.25, -0.2) is 0 Å². The summed E-state index contributed by atoms with van der Waals surface area (Å²) in [5, 5.41) is 19.0. The highest BCUT2D eigenvalue weighted by molar-refractivity contribution is 5.07. The number of aliphatic hydroxyl groups is 1. The van der Waals surface area contributed by atoms with E-state index in [4.69, 9.17) is 5.26 Å². The molecule has 0 bridgehead atoms. The molecule has 1 aliphatic carbocycles. The minimum absolute atomic E-state index is 0.0951. The predicted octanol–water partition coefficient (Wildman–Crippen LogP) is 2.09. The molecule has 0 radical (unpaired) electrons. The van der Waals surface area contributed by atoms with Crippen LogP contribution in [0, 0.1) is 22.7 Å². The van der Waals surface area contributed by atoms with Crippen molar-refractivity contribution >= 4 is 0 Å². The molecule has 0 heterocycles. The van der Waals surface area contributed by atoms with Crippen LogP contribution < -0.4 is 0 Å². The Morgan fingerprint density at radius 3 is 2.33 bits per heavy atom. The van der Waals surface area contributed by atoms with Crippen LogP contribution in [0.25, 0.3) is 0 Å². The Morgan fingerprint density at radius 1 is 1.42 bits per heavy atom. The summed E-state index contributed by atoms with van der Waals surface area (Å²) >= 11 is 0. The second-order valence-corrected chi connectivity index (χ2v) is 4.51. The summed E-state index contributed by atoms with van der Waals surface area (Å²) in [5.74, 6) is -0.255. The maximum atomic E-state index is 10.3. The number of hydrogen-bond acceptors (Lipinski definition) is 2. The van der Waals surface area contributed by atoms with Crippen LogP contribution in [0.5, 0.6) is 0 Å². The van der Waals surface area contributed by atoms with E-state index in [2.05, 4.69) is 6.07 Å². The van der Waals surface area contributed by atoms with Crippen LogP contribution >= 0.6 is 0 Å². The smallest absolute Gasteiger partial charge is 0.0853 e. The molecule has 1 aliphatic rings. The highest BCUT2D eigenvalue weighted by Gasteiger charge is 2.50. The van der Waals surface area contributed by atoms with Crippen LogP contribution in [0.1, 0.15) is 40.0 Å². The maximum Gasteiger partial charge on any atom is 0.0853 e. The van der Waals surface area contributed by atoms with Crippen molar-refractivity contribution in [1.82, 2.24) is 0 Å². The Labute approximate surface area is 74.2 Å². The van der Waals surface area contributed by atoms with Gasteiger partial charge < -0.3 is 5.11 Å². The zero-order valence-corrected chi connectivity index (χ0v) is 8.09. The zero-order valence-electron chi connectivity index (χ0n) is 8.09. The standard InChI is InChI=1S/C10H17NO/c1-8(7-11)10(12)6-4-5-9(10,2)3/h8,12H,4-6H2,1-3H3. The summed E-state index contributed by atoms with van der Waals surface area (Å²) in [6.45, 7) is 5.91. The molecule has 1 N–H and O–H groups in total. The van der Waals surface area contributed by atoms with Gasteiger partial charge in [0.05, 0.1) is 17.6 Å². The van der Waals surface area contributed by atoms with Crippen LogP contribution in [0.3, 0.4) is 0 Å². The Morgan fingerprint density at radius 2 is 2.00 bits per heavy atom. The average Bonchev–Trinajstić information content (AvgIpc) is 2.26. The van der Waals surface area contributed by atoms with Gasteiger partial charge in [0.2, 0.25) is 0 Å². The van der Waals surface area contributed by atoms with Gasteiger partial charge in [-0.2, -0.15) is 5.26 Å². The fourth-order valence-electron chi connectivity index (χ4n) is 2.26. The van der Waals surface area contributed by atoms with Crippen LogP contribution in [-0.4, -0.2) is 10.7 Å². The third-order valence-corrected chi connectivity index (χ3v) is 3.44. The molecular formula is C10H17NO. The first-order valence-electron chi connectivity index (χ1n) is 4.56. The third kappa shape index (κ3) is 1.13. The molecule has 1 saturated carbocycles.